The van der Waals surface area contributed by atoms with Gasteiger partial charge in [-0.1, -0.05) is 24.3 Å². The Morgan fingerprint density at radius 2 is 1.44 bits per heavy atom. The molecular weight excluding hydrogens is 344 g/mol. The molecule has 0 aliphatic carbocycles. The van der Waals surface area contributed by atoms with E-state index in [9.17, 15) is 13.2 Å². The molecule has 0 atom stereocenters. The number of ether oxygens (including phenoxy) is 1. The third-order valence-electron chi connectivity index (χ3n) is 3.38. The van der Waals surface area contributed by atoms with Gasteiger partial charge in [0.2, 0.25) is 0 Å². The van der Waals surface area contributed by atoms with Crippen molar-refractivity contribution in [3.8, 4) is 11.5 Å². The number of aryl methyl sites for hydroxylation is 1. The maximum Gasteiger partial charge on any atom is 0.306 e. The molecule has 0 heterocycles. The fourth-order valence-electron chi connectivity index (χ4n) is 2.18. The van der Waals surface area contributed by atoms with Crippen LogP contribution in [0, 0.1) is 0 Å². The Morgan fingerprint density at radius 3 is 1.96 bits per heavy atom. The van der Waals surface area contributed by atoms with Crippen molar-refractivity contribution in [1.29, 1.82) is 0 Å². The van der Waals surface area contributed by atoms with E-state index in [1.54, 1.807) is 12.1 Å². The number of hydrogen-bond acceptors (Lipinski definition) is 5. The second-order valence-corrected chi connectivity index (χ2v) is 7.14. The molecule has 0 aromatic heterocycles. The summed E-state index contributed by atoms with van der Waals surface area (Å²) in [5, 5.41) is 8.67. The van der Waals surface area contributed by atoms with Crippen molar-refractivity contribution >= 4 is 16.1 Å². The summed E-state index contributed by atoms with van der Waals surface area (Å²) in [5.74, 6) is 0.0659. The molecule has 0 bridgehead atoms. The van der Waals surface area contributed by atoms with Crippen LogP contribution in [0.25, 0.3) is 0 Å². The maximum absolute atomic E-state index is 11.0. The summed E-state index contributed by atoms with van der Waals surface area (Å²) < 4.78 is 32.4. The van der Waals surface area contributed by atoms with Crippen molar-refractivity contribution in [3.63, 3.8) is 0 Å². The number of carbonyl (C=O) groups is 1. The zero-order valence-electron chi connectivity index (χ0n) is 13.8. The summed E-state index contributed by atoms with van der Waals surface area (Å²) in [7, 11) is -3.53. The van der Waals surface area contributed by atoms with E-state index in [0.29, 0.717) is 25.2 Å². The molecule has 0 aliphatic heterocycles. The normalized spacial score (nSPS) is 11.1. The van der Waals surface area contributed by atoms with Crippen molar-refractivity contribution in [1.82, 2.24) is 0 Å². The van der Waals surface area contributed by atoms with E-state index in [1.807, 2.05) is 24.3 Å². The van der Waals surface area contributed by atoms with Crippen LogP contribution >= 0.6 is 0 Å². The third-order valence-corrected chi connectivity index (χ3v) is 3.88. The van der Waals surface area contributed by atoms with Gasteiger partial charge in [0.05, 0.1) is 12.9 Å². The van der Waals surface area contributed by atoms with Gasteiger partial charge in [-0.25, -0.2) is 0 Å². The molecule has 6 nitrogen and oxygen atoms in total. The van der Waals surface area contributed by atoms with Gasteiger partial charge in [-0.2, -0.15) is 8.42 Å². The summed E-state index contributed by atoms with van der Waals surface area (Å²) in [5.41, 5.74) is 2.09. The van der Waals surface area contributed by atoms with Gasteiger partial charge in [0, 0.05) is 12.8 Å². The average molecular weight is 364 g/mol. The first-order valence-electron chi connectivity index (χ1n) is 7.74. The van der Waals surface area contributed by atoms with Crippen LogP contribution in [0.15, 0.2) is 48.5 Å². The molecule has 2 aromatic rings. The number of benzene rings is 2. The highest BCUT2D eigenvalue weighted by molar-refractivity contribution is 7.86. The summed E-state index contributed by atoms with van der Waals surface area (Å²) in [6, 6.07) is 14.1. The molecule has 134 valence electrons. The summed E-state index contributed by atoms with van der Waals surface area (Å²) >= 11 is 0. The predicted molar refractivity (Wildman–Crippen MR) is 93.5 cm³/mol. The molecule has 25 heavy (non-hydrogen) atoms. The summed E-state index contributed by atoms with van der Waals surface area (Å²) in [4.78, 5) is 10.6. The van der Waals surface area contributed by atoms with Crippen LogP contribution in [0.3, 0.4) is 0 Å². The lowest BCUT2D eigenvalue weighted by Gasteiger charge is -2.08. The highest BCUT2D eigenvalue weighted by Gasteiger charge is 2.04. The number of aliphatic carboxylic acids is 1. The molecular formula is C18H20O6S. The molecule has 0 fully saturated rings. The van der Waals surface area contributed by atoms with Gasteiger partial charge in [-0.15, -0.1) is 0 Å². The molecule has 0 saturated heterocycles. The molecule has 0 spiro atoms. The van der Waals surface area contributed by atoms with Gasteiger partial charge >= 0.3 is 16.1 Å². The Labute approximate surface area is 147 Å². The highest BCUT2D eigenvalue weighted by Crippen LogP contribution is 2.19. The van der Waals surface area contributed by atoms with Crippen LogP contribution in [0.1, 0.15) is 17.5 Å². The number of hydrogen-bond donors (Lipinski definition) is 1. The van der Waals surface area contributed by atoms with Crippen molar-refractivity contribution in [3.05, 3.63) is 59.7 Å². The van der Waals surface area contributed by atoms with Crippen LogP contribution in [-0.4, -0.2) is 32.4 Å². The Hall–Kier alpha value is -2.54. The van der Waals surface area contributed by atoms with E-state index in [1.165, 1.54) is 12.1 Å². The van der Waals surface area contributed by atoms with E-state index < -0.39 is 16.1 Å². The zero-order valence-corrected chi connectivity index (χ0v) is 14.7. The number of carboxylic acids is 1. The average Bonchev–Trinajstić information content (AvgIpc) is 2.54. The van der Waals surface area contributed by atoms with Gasteiger partial charge < -0.3 is 14.0 Å². The van der Waals surface area contributed by atoms with E-state index in [-0.39, 0.29) is 12.2 Å². The van der Waals surface area contributed by atoms with E-state index in [0.717, 1.165) is 17.4 Å². The van der Waals surface area contributed by atoms with Crippen LogP contribution in [0.5, 0.6) is 11.5 Å². The lowest BCUT2D eigenvalue weighted by Crippen LogP contribution is -2.05. The predicted octanol–water partition coefficient (Wildman–Crippen LogP) is 2.66. The first kappa shape index (κ1) is 18.8. The topological polar surface area (TPSA) is 89.9 Å². The van der Waals surface area contributed by atoms with Gasteiger partial charge in [0.25, 0.3) is 0 Å². The van der Waals surface area contributed by atoms with Crippen molar-refractivity contribution < 1.29 is 27.2 Å². The quantitative estimate of drug-likeness (QED) is 0.688. The molecule has 2 aromatic carbocycles. The minimum Gasteiger partial charge on any atom is -0.493 e. The molecule has 1 N–H and O–H groups in total. The molecule has 0 saturated carbocycles. The van der Waals surface area contributed by atoms with Crippen molar-refractivity contribution in [2.75, 3.05) is 12.9 Å². The fraction of sp³-hybridized carbons (Fsp3) is 0.278. The van der Waals surface area contributed by atoms with Crippen LogP contribution in [-0.2, 0) is 27.8 Å². The van der Waals surface area contributed by atoms with Gasteiger partial charge in [0.15, 0.2) is 0 Å². The van der Waals surface area contributed by atoms with Crippen LogP contribution < -0.4 is 8.92 Å². The lowest BCUT2D eigenvalue weighted by molar-refractivity contribution is -0.136. The third kappa shape index (κ3) is 7.26. The maximum atomic E-state index is 11.0. The van der Waals surface area contributed by atoms with E-state index in [4.69, 9.17) is 14.0 Å². The zero-order chi connectivity index (χ0) is 18.3. The summed E-state index contributed by atoms with van der Waals surface area (Å²) in [6.07, 6.45) is 2.35. The monoisotopic (exact) mass is 364 g/mol. The minimum atomic E-state index is -3.53. The second-order valence-electron chi connectivity index (χ2n) is 5.57. The van der Waals surface area contributed by atoms with Crippen molar-refractivity contribution in [2.45, 2.75) is 19.3 Å². The molecule has 0 unspecified atom stereocenters. The number of carboxylic acid groups (broad SMARTS) is 1. The SMILES string of the molecule is CS(=O)(=O)Oc1ccc(OCCc2ccc(CCC(=O)O)cc2)cc1. The minimum absolute atomic E-state index is 0.126. The fourth-order valence-corrected chi connectivity index (χ4v) is 2.64. The Kier molecular flexibility index (Phi) is 6.41. The first-order chi connectivity index (χ1) is 11.8. The van der Waals surface area contributed by atoms with E-state index in [2.05, 4.69) is 0 Å². The molecule has 0 amide bonds. The Bertz CT molecular complexity index is 794. The number of rotatable bonds is 9. The molecule has 0 radical (unpaired) electrons. The Morgan fingerprint density at radius 1 is 0.920 bits per heavy atom. The second kappa shape index (κ2) is 8.53. The highest BCUT2D eigenvalue weighted by atomic mass is 32.2. The largest absolute Gasteiger partial charge is 0.493 e. The van der Waals surface area contributed by atoms with Crippen LogP contribution in [0.2, 0.25) is 0 Å². The standard InChI is InChI=1S/C18H20O6S/c1-25(21,22)24-17-9-7-16(8-10-17)23-13-12-15-4-2-14(3-5-15)6-11-18(19)20/h2-5,7-10H,6,11-13H2,1H3,(H,19,20). The smallest absolute Gasteiger partial charge is 0.306 e. The summed E-state index contributed by atoms with van der Waals surface area (Å²) in [6.45, 7) is 0.473. The first-order valence-corrected chi connectivity index (χ1v) is 9.55. The molecule has 2 rings (SSSR count). The lowest BCUT2D eigenvalue weighted by atomic mass is 10.1. The van der Waals surface area contributed by atoms with E-state index >= 15 is 0 Å². The van der Waals surface area contributed by atoms with Crippen molar-refractivity contribution in [2.24, 2.45) is 0 Å². The molecule has 0 aliphatic rings. The van der Waals surface area contributed by atoms with Gasteiger partial charge in [-0.3, -0.25) is 4.79 Å². The molecule has 7 heteroatoms. The van der Waals surface area contributed by atoms with Gasteiger partial charge in [0.1, 0.15) is 11.5 Å². The van der Waals surface area contributed by atoms with Gasteiger partial charge in [-0.05, 0) is 41.8 Å². The Balaban J connectivity index is 1.79. The van der Waals surface area contributed by atoms with Crippen LogP contribution in [0.4, 0.5) is 0 Å².